The van der Waals surface area contributed by atoms with E-state index in [1.54, 1.807) is 60.8 Å². The molecule has 0 spiro atoms. The lowest BCUT2D eigenvalue weighted by Crippen LogP contribution is -2.49. The Kier molecular flexibility index (Phi) is 5.70. The molecule has 0 aliphatic carbocycles. The van der Waals surface area contributed by atoms with E-state index in [9.17, 15) is 9.59 Å². The van der Waals surface area contributed by atoms with Crippen LogP contribution in [0.15, 0.2) is 67.0 Å². The average molecular weight is 402 g/mol. The predicted octanol–water partition coefficient (Wildman–Crippen LogP) is 2.68. The van der Waals surface area contributed by atoms with Crippen LogP contribution < -0.4 is 9.64 Å². The number of hydrogen-bond acceptors (Lipinski definition) is 6. The first-order valence-electron chi connectivity index (χ1n) is 9.76. The van der Waals surface area contributed by atoms with E-state index >= 15 is 0 Å². The Balaban J connectivity index is 1.49. The second-order valence-electron chi connectivity index (χ2n) is 6.94. The van der Waals surface area contributed by atoms with Crippen molar-refractivity contribution in [3.05, 3.63) is 83.7 Å². The smallest absolute Gasteiger partial charge is 0.254 e. The van der Waals surface area contributed by atoms with E-state index in [0.29, 0.717) is 48.7 Å². The molecule has 0 saturated carbocycles. The highest BCUT2D eigenvalue weighted by Gasteiger charge is 2.26. The molecule has 0 bridgehead atoms. The first kappa shape index (κ1) is 19.6. The fraction of sp³-hybridized carbons (Fsp3) is 0.217. The molecule has 0 atom stereocenters. The van der Waals surface area contributed by atoms with Gasteiger partial charge in [-0.2, -0.15) is 4.98 Å². The molecule has 1 aliphatic rings. The summed E-state index contributed by atoms with van der Waals surface area (Å²) in [6.45, 7) is 2.32. The van der Waals surface area contributed by atoms with Gasteiger partial charge in [-0.05, 0) is 6.07 Å². The fourth-order valence-corrected chi connectivity index (χ4v) is 3.51. The van der Waals surface area contributed by atoms with Crippen molar-refractivity contribution in [1.82, 2.24) is 14.9 Å². The largest absolute Gasteiger partial charge is 0.480 e. The van der Waals surface area contributed by atoms with E-state index in [1.807, 2.05) is 18.2 Å². The molecule has 2 aromatic carbocycles. The van der Waals surface area contributed by atoms with Crippen LogP contribution >= 0.6 is 0 Å². The molecule has 1 aliphatic heterocycles. The van der Waals surface area contributed by atoms with Crippen LogP contribution in [-0.4, -0.2) is 59.8 Å². The topological polar surface area (TPSA) is 75.6 Å². The second kappa shape index (κ2) is 8.73. The van der Waals surface area contributed by atoms with Gasteiger partial charge in [0.2, 0.25) is 5.88 Å². The van der Waals surface area contributed by atoms with Gasteiger partial charge < -0.3 is 14.5 Å². The minimum atomic E-state index is -0.148. The molecule has 1 saturated heterocycles. The lowest BCUT2D eigenvalue weighted by Gasteiger charge is -2.35. The van der Waals surface area contributed by atoms with E-state index in [1.165, 1.54) is 0 Å². The number of hydrogen-bond donors (Lipinski definition) is 0. The Labute approximate surface area is 174 Å². The summed E-state index contributed by atoms with van der Waals surface area (Å²) in [5, 5.41) is 0. The maximum Gasteiger partial charge on any atom is 0.254 e. The third-order valence-electron chi connectivity index (χ3n) is 5.14. The highest BCUT2D eigenvalue weighted by atomic mass is 16.5. The summed E-state index contributed by atoms with van der Waals surface area (Å²) in [5.74, 6) is 0.900. The van der Waals surface area contributed by atoms with Gasteiger partial charge in [-0.1, -0.05) is 48.5 Å². The molecule has 0 radical (unpaired) electrons. The number of nitrogens with zero attached hydrogens (tertiary/aromatic N) is 4. The maximum atomic E-state index is 13.2. The molecule has 3 aromatic rings. The molecular weight excluding hydrogens is 380 g/mol. The number of amides is 1. The fourth-order valence-electron chi connectivity index (χ4n) is 3.51. The normalized spacial score (nSPS) is 13.8. The molecule has 1 fully saturated rings. The monoisotopic (exact) mass is 402 g/mol. The number of carbonyl (C=O) groups excluding carboxylic acids is 2. The van der Waals surface area contributed by atoms with Gasteiger partial charge in [0.1, 0.15) is 0 Å². The van der Waals surface area contributed by atoms with Gasteiger partial charge in [0, 0.05) is 37.3 Å². The van der Waals surface area contributed by atoms with Crippen molar-refractivity contribution in [1.29, 1.82) is 0 Å². The minimum Gasteiger partial charge on any atom is -0.480 e. The van der Waals surface area contributed by atoms with Crippen LogP contribution in [0.1, 0.15) is 26.3 Å². The highest BCUT2D eigenvalue weighted by Crippen LogP contribution is 2.20. The van der Waals surface area contributed by atoms with Crippen molar-refractivity contribution in [3.8, 4) is 5.88 Å². The van der Waals surface area contributed by atoms with Gasteiger partial charge in [0.25, 0.3) is 5.91 Å². The summed E-state index contributed by atoms with van der Waals surface area (Å²) in [6.07, 6.45) is 3.25. The van der Waals surface area contributed by atoms with Crippen LogP contribution in [0.3, 0.4) is 0 Å². The van der Waals surface area contributed by atoms with Gasteiger partial charge in [-0.15, -0.1) is 0 Å². The average Bonchev–Trinajstić information content (AvgIpc) is 2.84. The first-order valence-corrected chi connectivity index (χ1v) is 9.76. The number of rotatable bonds is 5. The molecule has 2 heterocycles. The van der Waals surface area contributed by atoms with Gasteiger partial charge in [-0.25, -0.2) is 0 Å². The third kappa shape index (κ3) is 4.00. The number of carbonyl (C=O) groups is 2. The van der Waals surface area contributed by atoms with Crippen molar-refractivity contribution < 1.29 is 14.3 Å². The Morgan fingerprint density at radius 3 is 2.23 bits per heavy atom. The number of benzene rings is 2. The second-order valence-corrected chi connectivity index (χ2v) is 6.94. The van der Waals surface area contributed by atoms with Crippen molar-refractivity contribution >= 4 is 17.5 Å². The van der Waals surface area contributed by atoms with Crippen molar-refractivity contribution in [2.24, 2.45) is 0 Å². The zero-order valence-corrected chi connectivity index (χ0v) is 16.7. The van der Waals surface area contributed by atoms with Crippen molar-refractivity contribution in [2.45, 2.75) is 0 Å². The Morgan fingerprint density at radius 2 is 1.53 bits per heavy atom. The number of ether oxygens (including phenoxy) is 1. The van der Waals surface area contributed by atoms with E-state index in [-0.39, 0.29) is 11.7 Å². The van der Waals surface area contributed by atoms with Crippen LogP contribution in [0.5, 0.6) is 5.88 Å². The number of methoxy groups -OCH3 is 1. The van der Waals surface area contributed by atoms with Crippen LogP contribution in [0.4, 0.5) is 5.82 Å². The number of piperazine rings is 1. The standard InChI is InChI=1S/C23H22N4O3/c1-30-21-16-24-15-20(25-21)26-11-13-27(14-12-26)23(29)19-10-6-5-9-18(19)22(28)17-7-3-2-4-8-17/h2-10,15-16H,11-14H2,1H3. The van der Waals surface area contributed by atoms with Crippen molar-refractivity contribution in [3.63, 3.8) is 0 Å². The van der Waals surface area contributed by atoms with Gasteiger partial charge in [-0.3, -0.25) is 14.6 Å². The molecule has 0 unspecified atom stereocenters. The van der Waals surface area contributed by atoms with Crippen LogP contribution in [0.25, 0.3) is 0 Å². The van der Waals surface area contributed by atoms with E-state index in [4.69, 9.17) is 4.74 Å². The van der Waals surface area contributed by atoms with Crippen LogP contribution in [-0.2, 0) is 0 Å². The number of ketones is 1. The molecular formula is C23H22N4O3. The molecule has 4 rings (SSSR count). The summed E-state index contributed by atoms with van der Waals surface area (Å²) in [7, 11) is 1.55. The Hall–Kier alpha value is -3.74. The molecule has 7 heteroatoms. The molecule has 152 valence electrons. The summed E-state index contributed by atoms with van der Waals surface area (Å²) in [4.78, 5) is 38.6. The summed E-state index contributed by atoms with van der Waals surface area (Å²) in [5.41, 5.74) is 1.43. The lowest BCUT2D eigenvalue weighted by molar-refractivity contribution is 0.0742. The van der Waals surface area contributed by atoms with E-state index < -0.39 is 0 Å². The first-order chi connectivity index (χ1) is 14.7. The Morgan fingerprint density at radius 1 is 0.867 bits per heavy atom. The van der Waals surface area contributed by atoms with E-state index in [2.05, 4.69) is 14.9 Å². The number of anilines is 1. The van der Waals surface area contributed by atoms with E-state index in [0.717, 1.165) is 5.82 Å². The molecule has 30 heavy (non-hydrogen) atoms. The van der Waals surface area contributed by atoms with Crippen molar-refractivity contribution in [2.75, 3.05) is 38.2 Å². The van der Waals surface area contributed by atoms with Crippen LogP contribution in [0.2, 0.25) is 0 Å². The SMILES string of the molecule is COc1cncc(N2CCN(C(=O)c3ccccc3C(=O)c3ccccc3)CC2)n1. The lowest BCUT2D eigenvalue weighted by atomic mass is 9.97. The summed E-state index contributed by atoms with van der Waals surface area (Å²) < 4.78 is 5.14. The molecule has 7 nitrogen and oxygen atoms in total. The van der Waals surface area contributed by atoms with Gasteiger partial charge >= 0.3 is 0 Å². The Bertz CT molecular complexity index is 1050. The van der Waals surface area contributed by atoms with Crippen LogP contribution in [0, 0.1) is 0 Å². The molecule has 1 aromatic heterocycles. The zero-order valence-electron chi connectivity index (χ0n) is 16.7. The highest BCUT2D eigenvalue weighted by molar-refractivity contribution is 6.15. The third-order valence-corrected chi connectivity index (χ3v) is 5.14. The maximum absolute atomic E-state index is 13.2. The number of aromatic nitrogens is 2. The van der Waals surface area contributed by atoms with Gasteiger partial charge in [0.15, 0.2) is 11.6 Å². The summed E-state index contributed by atoms with van der Waals surface area (Å²) in [6, 6.07) is 16.0. The molecule has 0 N–H and O–H groups in total. The molecule has 1 amide bonds. The zero-order chi connectivity index (χ0) is 20.9. The summed E-state index contributed by atoms with van der Waals surface area (Å²) >= 11 is 0. The quantitative estimate of drug-likeness (QED) is 0.611. The predicted molar refractivity (Wildman–Crippen MR) is 113 cm³/mol. The van der Waals surface area contributed by atoms with Gasteiger partial charge in [0.05, 0.1) is 25.1 Å². The minimum absolute atomic E-state index is 0.133.